The second kappa shape index (κ2) is 9.10. The number of nitrogen functional groups attached to an aromatic ring is 1. The van der Waals surface area contributed by atoms with E-state index in [-0.39, 0.29) is 23.3 Å². The van der Waals surface area contributed by atoms with E-state index in [9.17, 15) is 13.2 Å². The van der Waals surface area contributed by atoms with Gasteiger partial charge >= 0.3 is 0 Å². The molecule has 1 fully saturated rings. The van der Waals surface area contributed by atoms with Gasteiger partial charge in [-0.15, -0.1) is 0 Å². The molecule has 1 aromatic heterocycles. The maximum absolute atomic E-state index is 13.2. The number of hydrogen-bond acceptors (Lipinski definition) is 6. The van der Waals surface area contributed by atoms with Crippen LogP contribution in [-0.2, 0) is 16.4 Å². The van der Waals surface area contributed by atoms with Crippen LogP contribution in [0.25, 0.3) is 11.1 Å². The third-order valence-electron chi connectivity index (χ3n) is 6.61. The molecule has 0 atom stereocenters. The fraction of sp³-hybridized carbons (Fsp3) is 0.308. The van der Waals surface area contributed by atoms with E-state index in [0.29, 0.717) is 49.7 Å². The van der Waals surface area contributed by atoms with Gasteiger partial charge in [0.15, 0.2) is 0 Å². The van der Waals surface area contributed by atoms with Crippen molar-refractivity contribution in [1.82, 2.24) is 9.88 Å². The summed E-state index contributed by atoms with van der Waals surface area (Å²) in [5, 5.41) is 0. The Morgan fingerprint density at radius 1 is 1.03 bits per heavy atom. The van der Waals surface area contributed by atoms with Gasteiger partial charge in [0.05, 0.1) is 23.6 Å². The molecule has 8 heteroatoms. The minimum absolute atomic E-state index is 0.0637. The molecule has 0 spiro atoms. The highest BCUT2D eigenvalue weighted by molar-refractivity contribution is 7.91. The molecule has 2 aromatic carbocycles. The van der Waals surface area contributed by atoms with Crippen molar-refractivity contribution >= 4 is 21.6 Å². The minimum atomic E-state index is -2.94. The predicted octanol–water partition coefficient (Wildman–Crippen LogP) is 3.66. The van der Waals surface area contributed by atoms with Gasteiger partial charge in [-0.1, -0.05) is 36.4 Å². The van der Waals surface area contributed by atoms with E-state index in [2.05, 4.69) is 4.98 Å². The van der Waals surface area contributed by atoms with Gasteiger partial charge in [0.1, 0.15) is 28.0 Å². The number of fused-ring (bicyclic) bond motifs is 1. The normalized spacial score (nSPS) is 18.1. The van der Waals surface area contributed by atoms with Crippen LogP contribution in [0.4, 0.5) is 5.82 Å². The lowest BCUT2D eigenvalue weighted by atomic mass is 9.92. The van der Waals surface area contributed by atoms with Gasteiger partial charge in [-0.3, -0.25) is 4.79 Å². The largest absolute Gasteiger partial charge is 0.491 e. The molecule has 1 saturated heterocycles. The first-order chi connectivity index (χ1) is 16.4. The van der Waals surface area contributed by atoms with Gasteiger partial charge in [0.2, 0.25) is 0 Å². The van der Waals surface area contributed by atoms with E-state index in [1.54, 1.807) is 17.2 Å². The van der Waals surface area contributed by atoms with Gasteiger partial charge in [-0.25, -0.2) is 13.4 Å². The minimum Gasteiger partial charge on any atom is -0.491 e. The van der Waals surface area contributed by atoms with Gasteiger partial charge in [0.25, 0.3) is 5.91 Å². The summed E-state index contributed by atoms with van der Waals surface area (Å²) >= 11 is 0. The van der Waals surface area contributed by atoms with Crippen molar-refractivity contribution in [1.29, 1.82) is 0 Å². The van der Waals surface area contributed by atoms with Crippen molar-refractivity contribution in [3.05, 3.63) is 77.5 Å². The average Bonchev–Trinajstić information content (AvgIpc) is 2.98. The highest BCUT2D eigenvalue weighted by Gasteiger charge is 2.27. The van der Waals surface area contributed by atoms with Gasteiger partial charge in [0, 0.05) is 18.3 Å². The molecular weight excluding hydrogens is 450 g/mol. The van der Waals surface area contributed by atoms with Gasteiger partial charge in [-0.2, -0.15) is 0 Å². The van der Waals surface area contributed by atoms with Crippen LogP contribution in [0, 0.1) is 0 Å². The Labute approximate surface area is 199 Å². The number of aromatic nitrogens is 1. The Kier molecular flexibility index (Phi) is 6.00. The zero-order valence-corrected chi connectivity index (χ0v) is 19.6. The highest BCUT2D eigenvalue weighted by Crippen LogP contribution is 2.36. The molecule has 0 radical (unpaired) electrons. The van der Waals surface area contributed by atoms with E-state index < -0.39 is 9.84 Å². The number of benzene rings is 2. The monoisotopic (exact) mass is 477 g/mol. The van der Waals surface area contributed by atoms with Crippen molar-refractivity contribution in [2.45, 2.75) is 25.3 Å². The Hall–Kier alpha value is -3.39. The van der Waals surface area contributed by atoms with Crippen molar-refractivity contribution in [2.24, 2.45) is 0 Å². The standard InChI is InChI=1S/C26H27N3O4S/c27-25-23(14-21(16-28-25)19-8-12-34(31,32)13-9-19)20-6-7-22-24(15-20)33-11-10-29(26(22)30)17-18-4-2-1-3-5-18/h1-7,14-16,19H,8-13,17H2,(H2,27,28). The fourth-order valence-electron chi connectivity index (χ4n) is 4.65. The molecule has 176 valence electrons. The lowest BCUT2D eigenvalue weighted by molar-refractivity contribution is 0.0743. The number of amides is 1. The summed E-state index contributed by atoms with van der Waals surface area (Å²) < 4.78 is 29.6. The third kappa shape index (κ3) is 4.63. The predicted molar refractivity (Wildman–Crippen MR) is 131 cm³/mol. The van der Waals surface area contributed by atoms with Crippen LogP contribution in [0.5, 0.6) is 5.75 Å². The molecule has 3 aromatic rings. The summed E-state index contributed by atoms with van der Waals surface area (Å²) in [6.07, 6.45) is 2.92. The van der Waals surface area contributed by atoms with Crippen LogP contribution in [0.1, 0.15) is 40.2 Å². The first-order valence-corrected chi connectivity index (χ1v) is 13.3. The maximum Gasteiger partial charge on any atom is 0.258 e. The van der Waals surface area contributed by atoms with Crippen LogP contribution in [0.2, 0.25) is 0 Å². The summed E-state index contributed by atoms with van der Waals surface area (Å²) in [5.74, 6) is 1.40. The smallest absolute Gasteiger partial charge is 0.258 e. The third-order valence-corrected chi connectivity index (χ3v) is 8.33. The van der Waals surface area contributed by atoms with E-state index in [0.717, 1.165) is 22.3 Å². The molecular formula is C26H27N3O4S. The topological polar surface area (TPSA) is 103 Å². The van der Waals surface area contributed by atoms with Crippen LogP contribution < -0.4 is 10.5 Å². The molecule has 2 aliphatic rings. The highest BCUT2D eigenvalue weighted by atomic mass is 32.2. The first kappa shape index (κ1) is 22.4. The van der Waals surface area contributed by atoms with Gasteiger partial charge < -0.3 is 15.4 Å². The van der Waals surface area contributed by atoms with E-state index >= 15 is 0 Å². The molecule has 7 nitrogen and oxygen atoms in total. The molecule has 3 heterocycles. The number of hydrogen-bond donors (Lipinski definition) is 1. The Morgan fingerprint density at radius 3 is 2.56 bits per heavy atom. The lowest BCUT2D eigenvalue weighted by Gasteiger charge is -2.23. The Morgan fingerprint density at radius 2 is 1.79 bits per heavy atom. The second-order valence-electron chi connectivity index (χ2n) is 8.90. The molecule has 2 aliphatic heterocycles. The molecule has 0 unspecified atom stereocenters. The number of anilines is 1. The average molecular weight is 478 g/mol. The van der Waals surface area contributed by atoms with Crippen molar-refractivity contribution in [2.75, 3.05) is 30.4 Å². The van der Waals surface area contributed by atoms with E-state index in [1.807, 2.05) is 48.5 Å². The number of nitrogens with zero attached hydrogens (tertiary/aromatic N) is 2. The summed E-state index contributed by atoms with van der Waals surface area (Å²) in [4.78, 5) is 19.4. The molecule has 2 N–H and O–H groups in total. The zero-order valence-electron chi connectivity index (χ0n) is 18.8. The van der Waals surface area contributed by atoms with Crippen LogP contribution in [0.3, 0.4) is 0 Å². The number of carbonyl (C=O) groups is 1. The Bertz CT molecular complexity index is 1310. The number of nitrogens with two attached hydrogens (primary N) is 1. The number of sulfone groups is 1. The van der Waals surface area contributed by atoms with Gasteiger partial charge in [-0.05, 0) is 53.6 Å². The second-order valence-corrected chi connectivity index (χ2v) is 11.2. The number of ether oxygens (including phenoxy) is 1. The quantitative estimate of drug-likeness (QED) is 0.615. The van der Waals surface area contributed by atoms with Crippen molar-refractivity contribution < 1.29 is 17.9 Å². The number of carbonyl (C=O) groups excluding carboxylic acids is 1. The lowest BCUT2D eigenvalue weighted by Crippen LogP contribution is -2.31. The molecule has 5 rings (SSSR count). The molecule has 0 saturated carbocycles. The molecule has 0 bridgehead atoms. The summed E-state index contributed by atoms with van der Waals surface area (Å²) in [6.45, 7) is 1.43. The molecule has 0 aliphatic carbocycles. The van der Waals surface area contributed by atoms with Crippen LogP contribution in [0.15, 0.2) is 60.8 Å². The van der Waals surface area contributed by atoms with E-state index in [1.165, 1.54) is 0 Å². The summed E-state index contributed by atoms with van der Waals surface area (Å²) in [5.41, 5.74) is 10.4. The SMILES string of the molecule is Nc1ncc(C2CCS(=O)(=O)CC2)cc1-c1ccc2c(c1)OCCN(Cc1ccccc1)C2=O. The van der Waals surface area contributed by atoms with E-state index in [4.69, 9.17) is 10.5 Å². The van der Waals surface area contributed by atoms with Crippen molar-refractivity contribution in [3.63, 3.8) is 0 Å². The van der Waals surface area contributed by atoms with Crippen LogP contribution >= 0.6 is 0 Å². The zero-order chi connectivity index (χ0) is 23.7. The van der Waals surface area contributed by atoms with Crippen molar-refractivity contribution in [3.8, 4) is 16.9 Å². The first-order valence-electron chi connectivity index (χ1n) is 11.5. The number of rotatable bonds is 4. The van der Waals surface area contributed by atoms with Crippen LogP contribution in [-0.4, -0.2) is 48.9 Å². The Balaban J connectivity index is 1.41. The molecule has 1 amide bonds. The number of pyridine rings is 1. The molecule has 34 heavy (non-hydrogen) atoms. The summed E-state index contributed by atoms with van der Waals surface area (Å²) in [7, 11) is -2.94. The maximum atomic E-state index is 13.2. The fourth-order valence-corrected chi connectivity index (χ4v) is 6.14. The summed E-state index contributed by atoms with van der Waals surface area (Å²) in [6, 6.07) is 17.4.